The van der Waals surface area contributed by atoms with Crippen LogP contribution in [0.1, 0.15) is 6.92 Å². The fourth-order valence-corrected chi connectivity index (χ4v) is 2.50. The molecule has 2 aromatic carbocycles. The van der Waals surface area contributed by atoms with Crippen molar-refractivity contribution in [1.82, 2.24) is 0 Å². The number of nitrogens with zero attached hydrogens (tertiary/aromatic N) is 1. The molecular formula is C18H17FN2O4. The van der Waals surface area contributed by atoms with E-state index in [-0.39, 0.29) is 24.2 Å². The van der Waals surface area contributed by atoms with Crippen LogP contribution in [0.2, 0.25) is 0 Å². The molecule has 130 valence electrons. The predicted octanol–water partition coefficient (Wildman–Crippen LogP) is 2.59. The van der Waals surface area contributed by atoms with Crippen LogP contribution >= 0.6 is 0 Å². The molecule has 6 nitrogen and oxygen atoms in total. The topological polar surface area (TPSA) is 67.9 Å². The van der Waals surface area contributed by atoms with Gasteiger partial charge in [0, 0.05) is 18.7 Å². The third-order valence-electron chi connectivity index (χ3n) is 3.67. The molecule has 2 aromatic rings. The molecule has 0 atom stereocenters. The average Bonchev–Trinajstić information content (AvgIpc) is 2.60. The molecule has 0 bridgehead atoms. The number of hydrogen-bond acceptors (Lipinski definition) is 4. The molecule has 0 saturated heterocycles. The van der Waals surface area contributed by atoms with Crippen molar-refractivity contribution < 1.29 is 23.5 Å². The van der Waals surface area contributed by atoms with Gasteiger partial charge in [0.05, 0.1) is 12.2 Å². The zero-order valence-electron chi connectivity index (χ0n) is 13.6. The maximum Gasteiger partial charge on any atom is 0.262 e. The molecule has 0 saturated carbocycles. The van der Waals surface area contributed by atoms with Crippen LogP contribution in [-0.2, 0) is 9.59 Å². The molecule has 7 heteroatoms. The van der Waals surface area contributed by atoms with Crippen LogP contribution in [-0.4, -0.2) is 31.6 Å². The number of carbonyl (C=O) groups excluding carboxylic acids is 2. The second-order valence-electron chi connectivity index (χ2n) is 5.49. The van der Waals surface area contributed by atoms with E-state index in [4.69, 9.17) is 9.47 Å². The third-order valence-corrected chi connectivity index (χ3v) is 3.67. The summed E-state index contributed by atoms with van der Waals surface area (Å²) in [6, 6.07) is 10.5. The van der Waals surface area contributed by atoms with E-state index in [1.807, 2.05) is 0 Å². The van der Waals surface area contributed by atoms with Crippen molar-refractivity contribution in [3.63, 3.8) is 0 Å². The number of halogens is 1. The Morgan fingerprint density at radius 1 is 1.24 bits per heavy atom. The van der Waals surface area contributed by atoms with Gasteiger partial charge in [-0.1, -0.05) is 0 Å². The van der Waals surface area contributed by atoms with Gasteiger partial charge < -0.3 is 19.7 Å². The Morgan fingerprint density at radius 3 is 2.72 bits per heavy atom. The van der Waals surface area contributed by atoms with Crippen LogP contribution in [0.5, 0.6) is 11.5 Å². The molecular weight excluding hydrogens is 327 g/mol. The van der Waals surface area contributed by atoms with Crippen molar-refractivity contribution in [1.29, 1.82) is 0 Å². The molecule has 0 fully saturated rings. The fraction of sp³-hybridized carbons (Fsp3) is 0.222. The Bertz CT molecular complexity index is 792. The van der Waals surface area contributed by atoms with Gasteiger partial charge in [0.2, 0.25) is 5.91 Å². The van der Waals surface area contributed by atoms with E-state index in [9.17, 15) is 14.0 Å². The summed E-state index contributed by atoms with van der Waals surface area (Å²) in [7, 11) is 0. The number of ether oxygens (including phenoxy) is 2. The number of rotatable bonds is 4. The highest BCUT2D eigenvalue weighted by molar-refractivity contribution is 5.96. The summed E-state index contributed by atoms with van der Waals surface area (Å²) in [5.74, 6) is 0.157. The van der Waals surface area contributed by atoms with E-state index in [0.29, 0.717) is 36.0 Å². The summed E-state index contributed by atoms with van der Waals surface area (Å²) in [4.78, 5) is 25.2. The molecule has 1 heterocycles. The Kier molecular flexibility index (Phi) is 4.83. The van der Waals surface area contributed by atoms with Gasteiger partial charge in [-0.25, -0.2) is 4.39 Å². The highest BCUT2D eigenvalue weighted by atomic mass is 19.1. The molecule has 1 aliphatic heterocycles. The maximum absolute atomic E-state index is 12.8. The highest BCUT2D eigenvalue weighted by Crippen LogP contribution is 2.34. The number of anilines is 2. The van der Waals surface area contributed by atoms with Gasteiger partial charge in [0.15, 0.2) is 6.61 Å². The predicted molar refractivity (Wildman–Crippen MR) is 90.5 cm³/mol. The molecule has 25 heavy (non-hydrogen) atoms. The van der Waals surface area contributed by atoms with Crippen LogP contribution in [0.15, 0.2) is 42.5 Å². The summed E-state index contributed by atoms with van der Waals surface area (Å²) in [5, 5.41) is 2.70. The summed E-state index contributed by atoms with van der Waals surface area (Å²) in [6.07, 6.45) is 0. The van der Waals surface area contributed by atoms with Crippen LogP contribution in [0.25, 0.3) is 0 Å². The first-order chi connectivity index (χ1) is 12.0. The van der Waals surface area contributed by atoms with Gasteiger partial charge in [-0.3, -0.25) is 9.59 Å². The Labute approximate surface area is 144 Å². The lowest BCUT2D eigenvalue weighted by molar-refractivity contribution is -0.118. The van der Waals surface area contributed by atoms with E-state index in [1.54, 1.807) is 23.1 Å². The molecule has 2 amide bonds. The van der Waals surface area contributed by atoms with Gasteiger partial charge in [-0.05, 0) is 36.4 Å². The molecule has 3 rings (SSSR count). The van der Waals surface area contributed by atoms with Crippen molar-refractivity contribution in [3.8, 4) is 11.5 Å². The number of fused-ring (bicyclic) bond motifs is 1. The summed E-state index contributed by atoms with van der Waals surface area (Å²) in [6.45, 7) is 2.19. The molecule has 0 unspecified atom stereocenters. The Hall–Kier alpha value is -3.09. The smallest absolute Gasteiger partial charge is 0.262 e. The number of carbonyl (C=O) groups is 2. The van der Waals surface area contributed by atoms with Gasteiger partial charge >= 0.3 is 0 Å². The van der Waals surface area contributed by atoms with Crippen LogP contribution < -0.4 is 19.7 Å². The summed E-state index contributed by atoms with van der Waals surface area (Å²) >= 11 is 0. The molecule has 1 N–H and O–H groups in total. The minimum Gasteiger partial charge on any atom is -0.489 e. The van der Waals surface area contributed by atoms with Gasteiger partial charge in [0.1, 0.15) is 23.9 Å². The normalized spacial score (nSPS) is 12.8. The summed E-state index contributed by atoms with van der Waals surface area (Å²) < 4.78 is 23.7. The molecule has 1 aliphatic rings. The molecule has 0 radical (unpaired) electrons. The van der Waals surface area contributed by atoms with E-state index in [1.165, 1.54) is 31.2 Å². The van der Waals surface area contributed by atoms with Crippen molar-refractivity contribution in [3.05, 3.63) is 48.3 Å². The van der Waals surface area contributed by atoms with Crippen molar-refractivity contribution >= 4 is 23.2 Å². The van der Waals surface area contributed by atoms with Crippen LogP contribution in [0.3, 0.4) is 0 Å². The lowest BCUT2D eigenvalue weighted by Crippen LogP contribution is -2.36. The first-order valence-corrected chi connectivity index (χ1v) is 7.76. The van der Waals surface area contributed by atoms with Crippen LogP contribution in [0, 0.1) is 5.82 Å². The third kappa shape index (κ3) is 4.06. The van der Waals surface area contributed by atoms with Crippen molar-refractivity contribution in [2.45, 2.75) is 6.92 Å². The second kappa shape index (κ2) is 7.21. The molecule has 0 aliphatic carbocycles. The number of nitrogens with one attached hydrogen (secondary N) is 1. The number of amides is 2. The highest BCUT2D eigenvalue weighted by Gasteiger charge is 2.21. The van der Waals surface area contributed by atoms with Gasteiger partial charge in [-0.15, -0.1) is 0 Å². The lowest BCUT2D eigenvalue weighted by atomic mass is 10.2. The van der Waals surface area contributed by atoms with E-state index < -0.39 is 0 Å². The van der Waals surface area contributed by atoms with E-state index in [2.05, 4.69) is 5.32 Å². The lowest BCUT2D eigenvalue weighted by Gasteiger charge is -2.29. The monoisotopic (exact) mass is 344 g/mol. The SMILES string of the molecule is CC(=O)N1CCOc2cc(NC(=O)COc3ccc(F)cc3)ccc21. The van der Waals surface area contributed by atoms with E-state index in [0.717, 1.165) is 0 Å². The van der Waals surface area contributed by atoms with Gasteiger partial charge in [-0.2, -0.15) is 0 Å². The zero-order chi connectivity index (χ0) is 17.8. The largest absolute Gasteiger partial charge is 0.489 e. The maximum atomic E-state index is 12.8. The quantitative estimate of drug-likeness (QED) is 0.926. The second-order valence-corrected chi connectivity index (χ2v) is 5.49. The minimum absolute atomic E-state index is 0.0611. The molecule has 0 spiro atoms. The molecule has 0 aromatic heterocycles. The van der Waals surface area contributed by atoms with E-state index >= 15 is 0 Å². The van der Waals surface area contributed by atoms with Gasteiger partial charge in [0.25, 0.3) is 5.91 Å². The zero-order valence-corrected chi connectivity index (χ0v) is 13.6. The Morgan fingerprint density at radius 2 is 2.00 bits per heavy atom. The summed E-state index contributed by atoms with van der Waals surface area (Å²) in [5.41, 5.74) is 1.22. The minimum atomic E-state index is -0.370. The van der Waals surface area contributed by atoms with Crippen LogP contribution in [0.4, 0.5) is 15.8 Å². The van der Waals surface area contributed by atoms with Crippen molar-refractivity contribution in [2.75, 3.05) is 30.0 Å². The first kappa shape index (κ1) is 16.8. The average molecular weight is 344 g/mol. The standard InChI is InChI=1S/C18H17FN2O4/c1-12(22)21-8-9-24-17-10-14(4-7-16(17)21)20-18(23)11-25-15-5-2-13(19)3-6-15/h2-7,10H,8-9,11H2,1H3,(H,20,23). The number of benzene rings is 2. The van der Waals surface area contributed by atoms with Crippen molar-refractivity contribution in [2.24, 2.45) is 0 Å². The first-order valence-electron chi connectivity index (χ1n) is 7.76. The Balaban J connectivity index is 1.62. The number of hydrogen-bond donors (Lipinski definition) is 1. The fourth-order valence-electron chi connectivity index (χ4n) is 2.50.